The number of aliphatic imine (C=N–C) groups is 1. The number of nitrogens with zero attached hydrogens (tertiary/aromatic N) is 5. The number of hydrazine groups is 1. The second kappa shape index (κ2) is 8.61. The molecule has 1 aliphatic heterocycles. The summed E-state index contributed by atoms with van der Waals surface area (Å²) >= 11 is 0. The van der Waals surface area contributed by atoms with Gasteiger partial charge in [-0.25, -0.2) is 20.8 Å². The van der Waals surface area contributed by atoms with Crippen LogP contribution in [-0.2, 0) is 0 Å². The van der Waals surface area contributed by atoms with Gasteiger partial charge in [-0.05, 0) is 38.0 Å². The number of pyridine rings is 1. The Morgan fingerprint density at radius 3 is 2.81 bits per heavy atom. The molecule has 1 aromatic carbocycles. The summed E-state index contributed by atoms with van der Waals surface area (Å²) in [5.41, 5.74) is 3.54. The van der Waals surface area contributed by atoms with Crippen LogP contribution in [0, 0.1) is 6.92 Å². The number of amidine groups is 1. The van der Waals surface area contributed by atoms with Crippen LogP contribution in [0.4, 0.5) is 0 Å². The second-order valence-corrected chi connectivity index (χ2v) is 7.51. The maximum absolute atomic E-state index is 10.4. The van der Waals surface area contributed by atoms with Crippen LogP contribution in [0.3, 0.4) is 0 Å². The zero-order valence-electron chi connectivity index (χ0n) is 17.7. The summed E-state index contributed by atoms with van der Waals surface area (Å²) in [6.07, 6.45) is 5.37. The number of phenols is 1. The third kappa shape index (κ3) is 4.15. The second-order valence-electron chi connectivity index (χ2n) is 7.51. The number of hydrogen-bond donors (Lipinski definition) is 2. The number of ether oxygens (including phenoxy) is 1. The summed E-state index contributed by atoms with van der Waals surface area (Å²) < 4.78 is 7.36. The van der Waals surface area contributed by atoms with Crippen LogP contribution in [0.1, 0.15) is 35.7 Å². The van der Waals surface area contributed by atoms with Gasteiger partial charge in [0.1, 0.15) is 17.3 Å². The van der Waals surface area contributed by atoms with Crippen LogP contribution in [-0.4, -0.2) is 44.1 Å². The zero-order chi connectivity index (χ0) is 22.0. The number of hydrogen-bond acceptors (Lipinski definition) is 6. The Kier molecular flexibility index (Phi) is 5.73. The Balaban J connectivity index is 1.68. The van der Waals surface area contributed by atoms with Crippen LogP contribution in [0.2, 0.25) is 0 Å². The van der Waals surface area contributed by atoms with Crippen LogP contribution >= 0.6 is 0 Å². The fourth-order valence-corrected chi connectivity index (χ4v) is 3.82. The summed E-state index contributed by atoms with van der Waals surface area (Å²) in [6, 6.07) is 11.0. The van der Waals surface area contributed by atoms with Crippen molar-refractivity contribution in [1.82, 2.24) is 19.5 Å². The average molecular weight is 419 g/mol. The molecule has 0 aliphatic carbocycles. The number of nitrogens with two attached hydrogens (primary N) is 1. The molecule has 3 aromatic rings. The van der Waals surface area contributed by atoms with E-state index < -0.39 is 0 Å². The summed E-state index contributed by atoms with van der Waals surface area (Å²) in [5.74, 6) is 7.49. The molecule has 160 valence electrons. The van der Waals surface area contributed by atoms with Crippen molar-refractivity contribution in [3.05, 3.63) is 72.5 Å². The molecule has 3 heterocycles. The zero-order valence-corrected chi connectivity index (χ0v) is 17.7. The topological polar surface area (TPSA) is 102 Å². The highest BCUT2D eigenvalue weighted by Crippen LogP contribution is 2.34. The Hall–Kier alpha value is -3.65. The lowest BCUT2D eigenvalue weighted by molar-refractivity contribution is 0.364. The third-order valence-corrected chi connectivity index (χ3v) is 5.38. The van der Waals surface area contributed by atoms with E-state index in [0.717, 1.165) is 29.8 Å². The molecule has 8 heteroatoms. The summed E-state index contributed by atoms with van der Waals surface area (Å²) in [4.78, 5) is 13.6. The summed E-state index contributed by atoms with van der Waals surface area (Å²) in [7, 11) is 1.57. The Labute approximate surface area is 181 Å². The molecule has 8 nitrogen and oxygen atoms in total. The molecule has 31 heavy (non-hydrogen) atoms. The lowest BCUT2D eigenvalue weighted by Crippen LogP contribution is -2.45. The summed E-state index contributed by atoms with van der Waals surface area (Å²) in [5, 5.41) is 12.0. The van der Waals surface area contributed by atoms with E-state index >= 15 is 0 Å². The number of aromatic hydroxyl groups is 1. The molecule has 2 aromatic heterocycles. The van der Waals surface area contributed by atoms with E-state index in [0.29, 0.717) is 29.7 Å². The fourth-order valence-electron chi connectivity index (χ4n) is 3.82. The van der Waals surface area contributed by atoms with Crippen LogP contribution in [0.15, 0.2) is 60.5 Å². The first-order valence-corrected chi connectivity index (χ1v) is 10.1. The minimum Gasteiger partial charge on any atom is -0.508 e. The maximum Gasteiger partial charge on any atom is 0.238 e. The Morgan fingerprint density at radius 1 is 1.29 bits per heavy atom. The van der Waals surface area contributed by atoms with Crippen molar-refractivity contribution < 1.29 is 9.84 Å². The van der Waals surface area contributed by atoms with E-state index in [1.165, 1.54) is 0 Å². The van der Waals surface area contributed by atoms with Crippen LogP contribution in [0.25, 0.3) is 11.4 Å². The average Bonchev–Trinajstić information content (AvgIpc) is 3.21. The smallest absolute Gasteiger partial charge is 0.238 e. The minimum atomic E-state index is -0.119. The number of piperidine rings is 1. The number of aromatic nitrogens is 3. The van der Waals surface area contributed by atoms with Gasteiger partial charge < -0.3 is 14.4 Å². The molecule has 1 atom stereocenters. The number of phenolic OH excluding ortho intramolecular Hbond substituents is 1. The van der Waals surface area contributed by atoms with Gasteiger partial charge in [-0.3, -0.25) is 5.01 Å². The molecule has 0 radical (unpaired) electrons. The Morgan fingerprint density at radius 2 is 2.10 bits per heavy atom. The molecular weight excluding hydrogens is 392 g/mol. The minimum absolute atomic E-state index is 0.119. The van der Waals surface area contributed by atoms with Gasteiger partial charge in [-0.15, -0.1) is 0 Å². The molecule has 0 saturated carbocycles. The molecule has 1 saturated heterocycles. The normalized spacial score (nSPS) is 17.7. The molecule has 0 unspecified atom stereocenters. The molecule has 0 bridgehead atoms. The lowest BCUT2D eigenvalue weighted by atomic mass is 9.89. The first-order valence-electron chi connectivity index (χ1n) is 10.1. The van der Waals surface area contributed by atoms with Gasteiger partial charge in [-0.2, -0.15) is 0 Å². The predicted molar refractivity (Wildman–Crippen MR) is 120 cm³/mol. The highest BCUT2D eigenvalue weighted by Gasteiger charge is 2.28. The van der Waals surface area contributed by atoms with E-state index in [1.807, 2.05) is 42.0 Å². The van der Waals surface area contributed by atoms with Crippen LogP contribution < -0.4 is 10.6 Å². The third-order valence-electron chi connectivity index (χ3n) is 5.38. The Bertz CT molecular complexity index is 1140. The summed E-state index contributed by atoms with van der Waals surface area (Å²) in [6.45, 7) is 6.73. The van der Waals surface area contributed by atoms with Gasteiger partial charge in [-0.1, -0.05) is 24.8 Å². The first-order chi connectivity index (χ1) is 15.0. The maximum atomic E-state index is 10.4. The van der Waals surface area contributed by atoms with Gasteiger partial charge in [0.05, 0.1) is 30.5 Å². The molecular formula is C23H26N6O2. The molecule has 1 aliphatic rings. The lowest BCUT2D eigenvalue weighted by Gasteiger charge is -2.33. The van der Waals surface area contributed by atoms with Crippen molar-refractivity contribution in [2.75, 3.05) is 13.7 Å². The number of methoxy groups -OCH3 is 1. The van der Waals surface area contributed by atoms with E-state index in [-0.39, 0.29) is 11.7 Å². The van der Waals surface area contributed by atoms with Crippen molar-refractivity contribution in [2.24, 2.45) is 10.8 Å². The van der Waals surface area contributed by atoms with E-state index in [1.54, 1.807) is 30.6 Å². The van der Waals surface area contributed by atoms with E-state index in [4.69, 9.17) is 15.6 Å². The molecule has 4 rings (SSSR count). The number of para-hydroxylation sites is 1. The predicted octanol–water partition coefficient (Wildman–Crippen LogP) is 3.41. The van der Waals surface area contributed by atoms with Crippen molar-refractivity contribution in [3.8, 4) is 17.3 Å². The standard InChI is InChI=1S/C23H26N6O2/c1-15-13-28(14-25-15)20-11-10-19(27-23(20)31-3)16(2)26-22-18(8-6-12-29(22)24)17-7-4-5-9-21(17)30/h4-5,7,9-11,13-14,18,30H,2,6,8,12,24H2,1,3H3/t18-/m1/s1. The van der Waals surface area contributed by atoms with Gasteiger partial charge in [0, 0.05) is 24.2 Å². The first kappa shape index (κ1) is 20.6. The van der Waals surface area contributed by atoms with Gasteiger partial charge in [0.25, 0.3) is 0 Å². The quantitative estimate of drug-likeness (QED) is 0.616. The van der Waals surface area contributed by atoms with Crippen LogP contribution in [0.5, 0.6) is 11.6 Å². The fraction of sp³-hybridized carbons (Fsp3) is 0.261. The monoisotopic (exact) mass is 418 g/mol. The molecule has 3 N–H and O–H groups in total. The van der Waals surface area contributed by atoms with Gasteiger partial charge in [0.2, 0.25) is 5.88 Å². The number of benzene rings is 1. The number of aryl methyl sites for hydroxylation is 1. The van der Waals surface area contributed by atoms with Gasteiger partial charge in [0.15, 0.2) is 0 Å². The molecule has 1 fully saturated rings. The largest absolute Gasteiger partial charge is 0.508 e. The van der Waals surface area contributed by atoms with Crippen molar-refractivity contribution in [3.63, 3.8) is 0 Å². The highest BCUT2D eigenvalue weighted by atomic mass is 16.5. The molecule has 0 amide bonds. The SMILES string of the molecule is C=C(N=C1[C@@H](c2ccccc2O)CCCN1N)c1ccc(-n2cnc(C)c2)c(OC)n1. The highest BCUT2D eigenvalue weighted by molar-refractivity contribution is 5.93. The van der Waals surface area contributed by atoms with E-state index in [2.05, 4.69) is 16.5 Å². The van der Waals surface area contributed by atoms with Crippen molar-refractivity contribution in [1.29, 1.82) is 0 Å². The van der Waals surface area contributed by atoms with Crippen molar-refractivity contribution in [2.45, 2.75) is 25.7 Å². The molecule has 0 spiro atoms. The van der Waals surface area contributed by atoms with Crippen molar-refractivity contribution >= 4 is 11.5 Å². The number of imidazole rings is 1. The van der Waals surface area contributed by atoms with Gasteiger partial charge >= 0.3 is 0 Å². The number of rotatable bonds is 5. The van der Waals surface area contributed by atoms with E-state index in [9.17, 15) is 5.11 Å².